The fourth-order valence-corrected chi connectivity index (χ4v) is 1.95. The second-order valence-corrected chi connectivity index (χ2v) is 4.65. The van der Waals surface area contributed by atoms with Crippen LogP contribution in [-0.2, 0) is 4.79 Å². The highest BCUT2D eigenvalue weighted by atomic mass is 16.2. The van der Waals surface area contributed by atoms with Gasteiger partial charge in [-0.2, -0.15) is 0 Å². The molecule has 0 saturated carbocycles. The summed E-state index contributed by atoms with van der Waals surface area (Å²) >= 11 is 0. The van der Waals surface area contributed by atoms with E-state index in [-0.39, 0.29) is 24.1 Å². The molecule has 2 rings (SSSR count). The first kappa shape index (κ1) is 14.2. The highest BCUT2D eigenvalue weighted by Gasteiger charge is 2.22. The van der Waals surface area contributed by atoms with Crippen LogP contribution in [0.15, 0.2) is 12.4 Å². The standard InChI is InChI=1S/C13H19N5O2/c1-2-4-15-11-8-14-7-10(17-11)13(20)18-6-3-5-16-12(19)9-18/h7-8H,2-6,9H2,1H3,(H,15,17)(H,16,19). The summed E-state index contributed by atoms with van der Waals surface area (Å²) in [5.74, 6) is 0.191. The zero-order valence-electron chi connectivity index (χ0n) is 11.6. The maximum atomic E-state index is 12.3. The normalized spacial score (nSPS) is 15.4. The van der Waals surface area contributed by atoms with Gasteiger partial charge in [0.15, 0.2) is 0 Å². The van der Waals surface area contributed by atoms with Crippen LogP contribution < -0.4 is 10.6 Å². The number of rotatable bonds is 4. The van der Waals surface area contributed by atoms with E-state index in [2.05, 4.69) is 20.6 Å². The molecule has 1 aromatic heterocycles. The van der Waals surface area contributed by atoms with Gasteiger partial charge in [0, 0.05) is 19.6 Å². The average Bonchev–Trinajstić information content (AvgIpc) is 2.69. The Balaban J connectivity index is 2.09. The molecule has 2 heterocycles. The van der Waals surface area contributed by atoms with Crippen LogP contribution in [0.25, 0.3) is 0 Å². The van der Waals surface area contributed by atoms with E-state index in [1.54, 1.807) is 6.20 Å². The summed E-state index contributed by atoms with van der Waals surface area (Å²) in [6.07, 6.45) is 4.73. The molecule has 1 aliphatic rings. The lowest BCUT2D eigenvalue weighted by atomic mass is 10.3. The summed E-state index contributed by atoms with van der Waals surface area (Å²) in [5, 5.41) is 5.83. The van der Waals surface area contributed by atoms with Crippen molar-refractivity contribution in [3.05, 3.63) is 18.1 Å². The van der Waals surface area contributed by atoms with Gasteiger partial charge in [0.2, 0.25) is 5.91 Å². The molecule has 108 valence electrons. The third kappa shape index (κ3) is 3.66. The molecule has 0 unspecified atom stereocenters. The molecule has 1 saturated heterocycles. The molecular weight excluding hydrogens is 258 g/mol. The lowest BCUT2D eigenvalue weighted by Crippen LogP contribution is -2.37. The highest BCUT2D eigenvalue weighted by molar-refractivity contribution is 5.95. The van der Waals surface area contributed by atoms with Crippen molar-refractivity contribution in [1.29, 1.82) is 0 Å². The van der Waals surface area contributed by atoms with E-state index in [0.29, 0.717) is 18.9 Å². The molecule has 0 atom stereocenters. The summed E-state index contributed by atoms with van der Waals surface area (Å²) in [6, 6.07) is 0. The van der Waals surface area contributed by atoms with Crippen molar-refractivity contribution in [2.45, 2.75) is 19.8 Å². The molecule has 1 fully saturated rings. The molecule has 0 bridgehead atoms. The Labute approximate surface area is 117 Å². The Morgan fingerprint density at radius 3 is 3.15 bits per heavy atom. The molecule has 0 radical (unpaired) electrons. The number of amides is 2. The summed E-state index contributed by atoms with van der Waals surface area (Å²) in [5.41, 5.74) is 0.265. The van der Waals surface area contributed by atoms with E-state index in [1.807, 2.05) is 6.92 Å². The van der Waals surface area contributed by atoms with Crippen molar-refractivity contribution in [2.75, 3.05) is 31.5 Å². The van der Waals surface area contributed by atoms with Gasteiger partial charge in [0.1, 0.15) is 11.5 Å². The van der Waals surface area contributed by atoms with E-state index in [9.17, 15) is 9.59 Å². The molecule has 1 aliphatic heterocycles. The van der Waals surface area contributed by atoms with Crippen molar-refractivity contribution in [3.8, 4) is 0 Å². The van der Waals surface area contributed by atoms with Gasteiger partial charge in [0.25, 0.3) is 5.91 Å². The predicted octanol–water partition coefficient (Wildman–Crippen LogP) is 0.261. The molecular formula is C13H19N5O2. The fourth-order valence-electron chi connectivity index (χ4n) is 1.95. The summed E-state index contributed by atoms with van der Waals surface area (Å²) in [4.78, 5) is 33.6. The van der Waals surface area contributed by atoms with Crippen LogP contribution in [0.2, 0.25) is 0 Å². The van der Waals surface area contributed by atoms with Crippen LogP contribution in [-0.4, -0.2) is 52.9 Å². The Morgan fingerprint density at radius 2 is 2.35 bits per heavy atom. The van der Waals surface area contributed by atoms with Crippen LogP contribution in [0.3, 0.4) is 0 Å². The van der Waals surface area contributed by atoms with Gasteiger partial charge in [-0.25, -0.2) is 4.98 Å². The van der Waals surface area contributed by atoms with Gasteiger partial charge in [-0.05, 0) is 12.8 Å². The smallest absolute Gasteiger partial charge is 0.274 e. The minimum atomic E-state index is -0.255. The van der Waals surface area contributed by atoms with Crippen LogP contribution in [0.5, 0.6) is 0 Å². The Morgan fingerprint density at radius 1 is 1.50 bits per heavy atom. The van der Waals surface area contributed by atoms with Gasteiger partial charge in [0.05, 0.1) is 18.9 Å². The van der Waals surface area contributed by atoms with Gasteiger partial charge in [-0.3, -0.25) is 14.6 Å². The zero-order valence-corrected chi connectivity index (χ0v) is 11.6. The molecule has 0 aromatic carbocycles. The number of carbonyl (C=O) groups is 2. The summed E-state index contributed by atoms with van der Waals surface area (Å²) < 4.78 is 0. The molecule has 20 heavy (non-hydrogen) atoms. The number of hydrogen-bond acceptors (Lipinski definition) is 5. The second-order valence-electron chi connectivity index (χ2n) is 4.65. The van der Waals surface area contributed by atoms with Crippen molar-refractivity contribution in [1.82, 2.24) is 20.2 Å². The predicted molar refractivity (Wildman–Crippen MR) is 74.3 cm³/mol. The third-order valence-electron chi connectivity index (χ3n) is 2.96. The molecule has 7 heteroatoms. The van der Waals surface area contributed by atoms with Crippen molar-refractivity contribution < 1.29 is 9.59 Å². The van der Waals surface area contributed by atoms with Crippen molar-refractivity contribution >= 4 is 17.6 Å². The fraction of sp³-hybridized carbons (Fsp3) is 0.538. The van der Waals surface area contributed by atoms with Crippen LogP contribution >= 0.6 is 0 Å². The maximum Gasteiger partial charge on any atom is 0.274 e. The third-order valence-corrected chi connectivity index (χ3v) is 2.96. The van der Waals surface area contributed by atoms with Crippen LogP contribution in [0.1, 0.15) is 30.3 Å². The monoisotopic (exact) mass is 277 g/mol. The molecule has 1 aromatic rings. The lowest BCUT2D eigenvalue weighted by Gasteiger charge is -2.18. The van der Waals surface area contributed by atoms with Gasteiger partial charge in [-0.1, -0.05) is 6.92 Å². The first-order valence-corrected chi connectivity index (χ1v) is 6.82. The Hall–Kier alpha value is -2.18. The second kappa shape index (κ2) is 6.83. The number of carbonyl (C=O) groups excluding carboxylic acids is 2. The van der Waals surface area contributed by atoms with Crippen LogP contribution in [0.4, 0.5) is 5.82 Å². The number of nitrogens with one attached hydrogen (secondary N) is 2. The zero-order chi connectivity index (χ0) is 14.4. The molecule has 2 N–H and O–H groups in total. The minimum Gasteiger partial charge on any atom is -0.369 e. The molecule has 7 nitrogen and oxygen atoms in total. The first-order valence-electron chi connectivity index (χ1n) is 6.82. The van der Waals surface area contributed by atoms with E-state index < -0.39 is 0 Å². The number of anilines is 1. The van der Waals surface area contributed by atoms with Gasteiger partial charge in [-0.15, -0.1) is 0 Å². The Bertz CT molecular complexity index is 491. The topological polar surface area (TPSA) is 87.2 Å². The van der Waals surface area contributed by atoms with Gasteiger partial charge < -0.3 is 15.5 Å². The van der Waals surface area contributed by atoms with E-state index >= 15 is 0 Å². The number of nitrogens with zero attached hydrogens (tertiary/aromatic N) is 3. The summed E-state index contributed by atoms with van der Waals surface area (Å²) in [6.45, 7) is 4.05. The summed E-state index contributed by atoms with van der Waals surface area (Å²) in [7, 11) is 0. The lowest BCUT2D eigenvalue weighted by molar-refractivity contribution is -0.121. The first-order chi connectivity index (χ1) is 9.70. The molecule has 2 amide bonds. The maximum absolute atomic E-state index is 12.3. The van der Waals surface area contributed by atoms with E-state index in [4.69, 9.17) is 0 Å². The SMILES string of the molecule is CCCNc1cncc(C(=O)N2CCCNC(=O)C2)n1. The average molecular weight is 277 g/mol. The minimum absolute atomic E-state index is 0.0765. The Kier molecular flexibility index (Phi) is 4.86. The van der Waals surface area contributed by atoms with E-state index in [0.717, 1.165) is 19.4 Å². The van der Waals surface area contributed by atoms with Crippen LogP contribution in [0, 0.1) is 0 Å². The highest BCUT2D eigenvalue weighted by Crippen LogP contribution is 2.07. The molecule has 0 spiro atoms. The van der Waals surface area contributed by atoms with Crippen molar-refractivity contribution in [2.24, 2.45) is 0 Å². The number of hydrogen-bond donors (Lipinski definition) is 2. The van der Waals surface area contributed by atoms with E-state index in [1.165, 1.54) is 11.1 Å². The molecule has 0 aliphatic carbocycles. The quantitative estimate of drug-likeness (QED) is 0.824. The largest absolute Gasteiger partial charge is 0.369 e. The number of aromatic nitrogens is 2. The van der Waals surface area contributed by atoms with Gasteiger partial charge >= 0.3 is 0 Å². The van der Waals surface area contributed by atoms with Crippen molar-refractivity contribution in [3.63, 3.8) is 0 Å².